The lowest BCUT2D eigenvalue weighted by molar-refractivity contribution is -0.146. The molecule has 1 amide bonds. The van der Waals surface area contributed by atoms with Crippen molar-refractivity contribution in [3.05, 3.63) is 52.0 Å². The first-order valence-electron chi connectivity index (χ1n) is 6.85. The van der Waals surface area contributed by atoms with Gasteiger partial charge in [-0.1, -0.05) is 12.1 Å². The number of hydrogen-bond donors (Lipinski definition) is 1. The number of carbonyl (C=O) groups is 3. The number of halogens is 1. The third kappa shape index (κ3) is 4.88. The van der Waals surface area contributed by atoms with Crippen LogP contribution in [0.4, 0.5) is 10.1 Å². The molecule has 2 rings (SSSR count). The van der Waals surface area contributed by atoms with E-state index in [2.05, 4.69) is 10.1 Å². The maximum Gasteiger partial charge on any atom is 0.350 e. The fourth-order valence-corrected chi connectivity index (χ4v) is 2.58. The van der Waals surface area contributed by atoms with Crippen LogP contribution < -0.4 is 5.32 Å². The minimum Gasteiger partial charge on any atom is -0.465 e. The number of nitrogens with one attached hydrogen (secondary N) is 1. The molecule has 126 valence electrons. The average Bonchev–Trinajstić information content (AvgIpc) is 3.02. The highest BCUT2D eigenvalue weighted by molar-refractivity contribution is 7.12. The molecule has 0 unspecified atom stereocenters. The summed E-state index contributed by atoms with van der Waals surface area (Å²) in [6.07, 6.45) is -0.0700. The largest absolute Gasteiger partial charge is 0.465 e. The summed E-state index contributed by atoms with van der Waals surface area (Å²) >= 11 is 1.12. The normalized spacial score (nSPS) is 10.1. The lowest BCUT2D eigenvalue weighted by Gasteiger charge is -2.07. The molecule has 0 radical (unpaired) electrons. The van der Waals surface area contributed by atoms with E-state index in [0.29, 0.717) is 11.3 Å². The van der Waals surface area contributed by atoms with Crippen molar-refractivity contribution in [3.63, 3.8) is 0 Å². The van der Waals surface area contributed by atoms with E-state index in [0.717, 1.165) is 11.3 Å². The Morgan fingerprint density at radius 1 is 1.17 bits per heavy atom. The predicted octanol–water partition coefficient (Wildman–Crippen LogP) is 2.40. The highest BCUT2D eigenvalue weighted by Crippen LogP contribution is 2.22. The SMILES string of the molecule is COC(=O)c1sccc1NC(=O)COC(=O)Cc1ccc(F)cc1. The Kier molecular flexibility index (Phi) is 6.02. The first-order chi connectivity index (χ1) is 11.5. The molecular weight excluding hydrogens is 337 g/mol. The van der Waals surface area contributed by atoms with Gasteiger partial charge < -0.3 is 14.8 Å². The molecule has 0 spiro atoms. The molecule has 1 N–H and O–H groups in total. The Hall–Kier alpha value is -2.74. The lowest BCUT2D eigenvalue weighted by atomic mass is 10.1. The average molecular weight is 351 g/mol. The fourth-order valence-electron chi connectivity index (χ4n) is 1.81. The van der Waals surface area contributed by atoms with Crippen LogP contribution in [0.25, 0.3) is 0 Å². The number of benzene rings is 1. The maximum absolute atomic E-state index is 12.8. The summed E-state index contributed by atoms with van der Waals surface area (Å²) in [5, 5.41) is 4.10. The quantitative estimate of drug-likeness (QED) is 0.808. The lowest BCUT2D eigenvalue weighted by Crippen LogP contribution is -2.22. The van der Waals surface area contributed by atoms with Crippen molar-refractivity contribution in [3.8, 4) is 0 Å². The van der Waals surface area contributed by atoms with Gasteiger partial charge in [-0.3, -0.25) is 9.59 Å². The van der Waals surface area contributed by atoms with E-state index in [9.17, 15) is 18.8 Å². The number of amides is 1. The van der Waals surface area contributed by atoms with Crippen molar-refractivity contribution in [2.45, 2.75) is 6.42 Å². The minimum absolute atomic E-state index is 0.0700. The molecule has 0 saturated carbocycles. The first kappa shape index (κ1) is 17.6. The third-order valence-electron chi connectivity index (χ3n) is 2.94. The van der Waals surface area contributed by atoms with Crippen LogP contribution in [0.3, 0.4) is 0 Å². The van der Waals surface area contributed by atoms with Crippen molar-refractivity contribution >= 4 is 34.9 Å². The maximum atomic E-state index is 12.8. The van der Waals surface area contributed by atoms with Gasteiger partial charge in [-0.2, -0.15) is 0 Å². The summed E-state index contributed by atoms with van der Waals surface area (Å²) in [5.41, 5.74) is 0.874. The van der Waals surface area contributed by atoms with Crippen LogP contribution in [0.15, 0.2) is 35.7 Å². The summed E-state index contributed by atoms with van der Waals surface area (Å²) in [6.45, 7) is -0.490. The monoisotopic (exact) mass is 351 g/mol. The Morgan fingerprint density at radius 3 is 2.54 bits per heavy atom. The second-order valence-electron chi connectivity index (χ2n) is 4.67. The number of esters is 2. The van der Waals surface area contributed by atoms with Crippen LogP contribution in [0.5, 0.6) is 0 Å². The highest BCUT2D eigenvalue weighted by atomic mass is 32.1. The van der Waals surface area contributed by atoms with Crippen LogP contribution >= 0.6 is 11.3 Å². The number of carbonyl (C=O) groups excluding carboxylic acids is 3. The van der Waals surface area contributed by atoms with E-state index >= 15 is 0 Å². The molecule has 1 heterocycles. The standard InChI is InChI=1S/C16H14FNO5S/c1-22-16(21)15-12(6-7-24-15)18-13(19)9-23-14(20)8-10-2-4-11(17)5-3-10/h2-7H,8-9H2,1H3,(H,18,19). The zero-order chi connectivity index (χ0) is 17.5. The van der Waals surface area contributed by atoms with Crippen molar-refractivity contribution in [1.29, 1.82) is 0 Å². The molecule has 1 aromatic carbocycles. The van der Waals surface area contributed by atoms with Crippen molar-refractivity contribution in [2.75, 3.05) is 19.0 Å². The molecule has 0 atom stereocenters. The van der Waals surface area contributed by atoms with Crippen LogP contribution in [0.1, 0.15) is 15.2 Å². The first-order valence-corrected chi connectivity index (χ1v) is 7.73. The number of methoxy groups -OCH3 is 1. The van der Waals surface area contributed by atoms with Crippen LogP contribution in [-0.2, 0) is 25.5 Å². The van der Waals surface area contributed by atoms with Gasteiger partial charge >= 0.3 is 11.9 Å². The minimum atomic E-state index is -0.615. The molecule has 0 saturated heterocycles. The molecule has 2 aromatic rings. The molecule has 8 heteroatoms. The zero-order valence-corrected chi connectivity index (χ0v) is 13.5. The number of ether oxygens (including phenoxy) is 2. The van der Waals surface area contributed by atoms with Crippen LogP contribution in [-0.4, -0.2) is 31.6 Å². The number of rotatable bonds is 6. The Bertz CT molecular complexity index is 741. The van der Waals surface area contributed by atoms with Gasteiger partial charge in [0, 0.05) is 0 Å². The van der Waals surface area contributed by atoms with Gasteiger partial charge in [0.2, 0.25) is 0 Å². The summed E-state index contributed by atoms with van der Waals surface area (Å²) in [4.78, 5) is 35.2. The third-order valence-corrected chi connectivity index (χ3v) is 3.83. The van der Waals surface area contributed by atoms with Crippen molar-refractivity contribution in [1.82, 2.24) is 0 Å². The molecule has 1 aromatic heterocycles. The Morgan fingerprint density at radius 2 is 1.88 bits per heavy atom. The summed E-state index contributed by atoms with van der Waals surface area (Å²) in [5.74, 6) is -2.15. The topological polar surface area (TPSA) is 81.7 Å². The number of hydrogen-bond acceptors (Lipinski definition) is 6. The zero-order valence-electron chi connectivity index (χ0n) is 12.7. The van der Waals surface area contributed by atoms with E-state index in [4.69, 9.17) is 4.74 Å². The van der Waals surface area contributed by atoms with Gasteiger partial charge in [0.15, 0.2) is 6.61 Å². The van der Waals surface area contributed by atoms with Gasteiger partial charge in [0.25, 0.3) is 5.91 Å². The second kappa shape index (κ2) is 8.21. The van der Waals surface area contributed by atoms with Crippen molar-refractivity contribution in [2.24, 2.45) is 0 Å². The van der Waals surface area contributed by atoms with Crippen LogP contribution in [0.2, 0.25) is 0 Å². The number of thiophene rings is 1. The van der Waals surface area contributed by atoms with E-state index in [1.807, 2.05) is 0 Å². The van der Waals surface area contributed by atoms with Gasteiger partial charge in [-0.15, -0.1) is 11.3 Å². The van der Waals surface area contributed by atoms with Gasteiger partial charge in [0.05, 0.1) is 19.2 Å². The predicted molar refractivity (Wildman–Crippen MR) is 85.4 cm³/mol. The van der Waals surface area contributed by atoms with Crippen molar-refractivity contribution < 1.29 is 28.2 Å². The summed E-state index contributed by atoms with van der Waals surface area (Å²) in [7, 11) is 1.24. The van der Waals surface area contributed by atoms with E-state index in [-0.39, 0.29) is 11.3 Å². The fraction of sp³-hybridized carbons (Fsp3) is 0.188. The second-order valence-corrected chi connectivity index (χ2v) is 5.58. The Labute approximate surface area is 141 Å². The van der Waals surface area contributed by atoms with E-state index in [1.165, 1.54) is 31.4 Å². The van der Waals surface area contributed by atoms with Gasteiger partial charge in [-0.25, -0.2) is 9.18 Å². The molecule has 0 bridgehead atoms. The van der Waals surface area contributed by atoms with E-state index in [1.54, 1.807) is 11.4 Å². The van der Waals surface area contributed by atoms with Crippen LogP contribution in [0, 0.1) is 5.82 Å². The van der Waals surface area contributed by atoms with Gasteiger partial charge in [-0.05, 0) is 29.1 Å². The Balaban J connectivity index is 1.83. The molecule has 0 aliphatic rings. The molecular formula is C16H14FNO5S. The molecule has 24 heavy (non-hydrogen) atoms. The summed E-state index contributed by atoms with van der Waals surface area (Å²) in [6, 6.07) is 6.95. The summed E-state index contributed by atoms with van der Waals surface area (Å²) < 4.78 is 22.2. The molecule has 6 nitrogen and oxygen atoms in total. The molecule has 0 aliphatic carbocycles. The smallest absolute Gasteiger partial charge is 0.350 e. The van der Waals surface area contributed by atoms with Gasteiger partial charge in [0.1, 0.15) is 10.7 Å². The van der Waals surface area contributed by atoms with E-state index < -0.39 is 30.3 Å². The molecule has 0 fully saturated rings. The molecule has 0 aliphatic heterocycles. The number of anilines is 1. The highest BCUT2D eigenvalue weighted by Gasteiger charge is 2.16.